The average molecular weight is 211 g/mol. The van der Waals surface area contributed by atoms with E-state index in [1.807, 2.05) is 54.6 Å². The van der Waals surface area contributed by atoms with Crippen LogP contribution in [-0.2, 0) is 12.3 Å². The molecule has 0 spiro atoms. The Hall–Kier alpha value is -1.64. The minimum atomic E-state index is -1.03. The SMILES string of the molecule is OC1(c2ccccc2)NCc2ccccc21. The zero-order chi connectivity index (χ0) is 11.0. The highest BCUT2D eigenvalue weighted by Crippen LogP contribution is 2.34. The number of rotatable bonds is 1. The van der Waals surface area contributed by atoms with Gasteiger partial charge in [0.15, 0.2) is 5.72 Å². The first-order valence-corrected chi connectivity index (χ1v) is 5.42. The first-order valence-electron chi connectivity index (χ1n) is 5.42. The predicted molar refractivity (Wildman–Crippen MR) is 62.7 cm³/mol. The van der Waals surface area contributed by atoms with Crippen LogP contribution in [0.15, 0.2) is 54.6 Å². The third-order valence-electron chi connectivity index (χ3n) is 3.13. The van der Waals surface area contributed by atoms with Crippen LogP contribution < -0.4 is 5.32 Å². The van der Waals surface area contributed by atoms with E-state index in [1.54, 1.807) is 0 Å². The number of nitrogens with one attached hydrogen (secondary N) is 1. The number of hydrogen-bond acceptors (Lipinski definition) is 2. The fourth-order valence-corrected chi connectivity index (χ4v) is 2.28. The summed E-state index contributed by atoms with van der Waals surface area (Å²) in [4.78, 5) is 0. The number of aliphatic hydroxyl groups is 1. The molecule has 0 aliphatic carbocycles. The van der Waals surface area contributed by atoms with Crippen LogP contribution in [0.1, 0.15) is 16.7 Å². The zero-order valence-electron chi connectivity index (χ0n) is 8.85. The van der Waals surface area contributed by atoms with Crippen LogP contribution in [0.4, 0.5) is 0 Å². The highest BCUT2D eigenvalue weighted by Gasteiger charge is 2.37. The molecule has 2 N–H and O–H groups in total. The van der Waals surface area contributed by atoms with Crippen molar-refractivity contribution in [3.05, 3.63) is 71.3 Å². The lowest BCUT2D eigenvalue weighted by Gasteiger charge is -2.24. The van der Waals surface area contributed by atoms with E-state index < -0.39 is 5.72 Å². The second kappa shape index (κ2) is 3.44. The highest BCUT2D eigenvalue weighted by molar-refractivity contribution is 5.43. The van der Waals surface area contributed by atoms with Crippen LogP contribution in [-0.4, -0.2) is 5.11 Å². The van der Waals surface area contributed by atoms with Gasteiger partial charge in [-0.1, -0.05) is 54.6 Å². The minimum Gasteiger partial charge on any atom is -0.367 e. The minimum absolute atomic E-state index is 0.710. The summed E-state index contributed by atoms with van der Waals surface area (Å²) in [6.07, 6.45) is 0. The third kappa shape index (κ3) is 1.28. The molecule has 0 bridgehead atoms. The molecule has 2 aromatic rings. The Morgan fingerprint density at radius 1 is 0.938 bits per heavy atom. The van der Waals surface area contributed by atoms with Crippen molar-refractivity contribution < 1.29 is 5.11 Å². The summed E-state index contributed by atoms with van der Waals surface area (Å²) < 4.78 is 0. The molecule has 0 amide bonds. The Morgan fingerprint density at radius 2 is 1.62 bits per heavy atom. The quantitative estimate of drug-likeness (QED) is 0.756. The van der Waals surface area contributed by atoms with E-state index in [0.717, 1.165) is 16.7 Å². The van der Waals surface area contributed by atoms with Crippen LogP contribution in [0.5, 0.6) is 0 Å². The van der Waals surface area contributed by atoms with Gasteiger partial charge >= 0.3 is 0 Å². The van der Waals surface area contributed by atoms with Gasteiger partial charge in [0.1, 0.15) is 0 Å². The van der Waals surface area contributed by atoms with Crippen molar-refractivity contribution in [2.45, 2.75) is 12.3 Å². The molecule has 0 radical (unpaired) electrons. The second-order valence-electron chi connectivity index (χ2n) is 4.09. The zero-order valence-corrected chi connectivity index (χ0v) is 8.85. The van der Waals surface area contributed by atoms with Gasteiger partial charge in [-0.3, -0.25) is 5.32 Å². The van der Waals surface area contributed by atoms with Crippen LogP contribution >= 0.6 is 0 Å². The highest BCUT2D eigenvalue weighted by atomic mass is 16.3. The van der Waals surface area contributed by atoms with E-state index in [2.05, 4.69) is 5.32 Å². The molecule has 2 aromatic carbocycles. The predicted octanol–water partition coefficient (Wildman–Crippen LogP) is 1.98. The molecule has 0 saturated carbocycles. The lowest BCUT2D eigenvalue weighted by atomic mass is 9.95. The van der Waals surface area contributed by atoms with Crippen molar-refractivity contribution in [2.24, 2.45) is 0 Å². The van der Waals surface area contributed by atoms with Gasteiger partial charge in [-0.15, -0.1) is 0 Å². The Bertz CT molecular complexity index is 509. The first kappa shape index (κ1) is 9.58. The summed E-state index contributed by atoms with van der Waals surface area (Å²) in [7, 11) is 0. The maximum atomic E-state index is 10.7. The molecule has 80 valence electrons. The van der Waals surface area contributed by atoms with E-state index in [-0.39, 0.29) is 0 Å². The van der Waals surface area contributed by atoms with E-state index in [1.165, 1.54) is 0 Å². The van der Waals surface area contributed by atoms with Crippen molar-refractivity contribution in [1.82, 2.24) is 5.32 Å². The normalized spacial score (nSPS) is 23.1. The third-order valence-corrected chi connectivity index (χ3v) is 3.13. The Balaban J connectivity index is 2.15. The van der Waals surface area contributed by atoms with Crippen molar-refractivity contribution in [1.29, 1.82) is 0 Å². The van der Waals surface area contributed by atoms with Gasteiger partial charge in [-0.05, 0) is 5.56 Å². The Labute approximate surface area is 94.6 Å². The van der Waals surface area contributed by atoms with Gasteiger partial charge in [-0.25, -0.2) is 0 Å². The van der Waals surface area contributed by atoms with Crippen LogP contribution in [0.2, 0.25) is 0 Å². The summed E-state index contributed by atoms with van der Waals surface area (Å²) in [5.74, 6) is 0. The summed E-state index contributed by atoms with van der Waals surface area (Å²) in [5, 5.41) is 13.9. The maximum absolute atomic E-state index is 10.7. The van der Waals surface area contributed by atoms with Gasteiger partial charge in [0.25, 0.3) is 0 Å². The molecule has 1 unspecified atom stereocenters. The number of fused-ring (bicyclic) bond motifs is 1. The summed E-state index contributed by atoms with van der Waals surface area (Å²) in [5.41, 5.74) is 1.98. The standard InChI is InChI=1S/C14H13NO/c16-14(12-7-2-1-3-8-12)13-9-5-4-6-11(13)10-15-14/h1-9,15-16H,10H2. The largest absolute Gasteiger partial charge is 0.367 e. The average Bonchev–Trinajstić information content (AvgIpc) is 2.71. The number of benzene rings is 2. The van der Waals surface area contributed by atoms with Gasteiger partial charge < -0.3 is 5.11 Å². The molecular formula is C14H13NO. The molecule has 0 saturated heterocycles. The summed E-state index contributed by atoms with van der Waals surface area (Å²) in [6.45, 7) is 0.710. The topological polar surface area (TPSA) is 32.3 Å². The maximum Gasteiger partial charge on any atom is 0.169 e. The summed E-state index contributed by atoms with van der Waals surface area (Å²) >= 11 is 0. The lowest BCUT2D eigenvalue weighted by molar-refractivity contribution is 0.0543. The van der Waals surface area contributed by atoms with E-state index in [0.29, 0.717) is 6.54 Å². The molecule has 1 aliphatic heterocycles. The Morgan fingerprint density at radius 3 is 2.44 bits per heavy atom. The molecule has 0 aromatic heterocycles. The molecule has 3 rings (SSSR count). The fraction of sp³-hybridized carbons (Fsp3) is 0.143. The summed E-state index contributed by atoms with van der Waals surface area (Å²) in [6, 6.07) is 17.7. The fourth-order valence-electron chi connectivity index (χ4n) is 2.28. The van der Waals surface area contributed by atoms with E-state index in [4.69, 9.17) is 0 Å². The molecule has 2 heteroatoms. The first-order chi connectivity index (χ1) is 7.81. The molecule has 2 nitrogen and oxygen atoms in total. The molecular weight excluding hydrogens is 198 g/mol. The van der Waals surface area contributed by atoms with Crippen molar-refractivity contribution in [3.8, 4) is 0 Å². The van der Waals surface area contributed by atoms with Crippen molar-refractivity contribution >= 4 is 0 Å². The molecule has 0 fully saturated rings. The van der Waals surface area contributed by atoms with Gasteiger partial charge in [0.05, 0.1) is 0 Å². The second-order valence-corrected chi connectivity index (χ2v) is 4.09. The molecule has 1 atom stereocenters. The molecule has 16 heavy (non-hydrogen) atoms. The van der Waals surface area contributed by atoms with E-state index >= 15 is 0 Å². The van der Waals surface area contributed by atoms with Crippen LogP contribution in [0, 0.1) is 0 Å². The Kier molecular flexibility index (Phi) is 2.06. The number of hydrogen-bond donors (Lipinski definition) is 2. The van der Waals surface area contributed by atoms with Crippen molar-refractivity contribution in [2.75, 3.05) is 0 Å². The molecule has 1 heterocycles. The van der Waals surface area contributed by atoms with Gasteiger partial charge in [0, 0.05) is 17.7 Å². The van der Waals surface area contributed by atoms with Crippen LogP contribution in [0.3, 0.4) is 0 Å². The van der Waals surface area contributed by atoms with Gasteiger partial charge in [0.2, 0.25) is 0 Å². The van der Waals surface area contributed by atoms with Gasteiger partial charge in [-0.2, -0.15) is 0 Å². The molecule has 1 aliphatic rings. The van der Waals surface area contributed by atoms with Crippen molar-refractivity contribution in [3.63, 3.8) is 0 Å². The monoisotopic (exact) mass is 211 g/mol. The van der Waals surface area contributed by atoms with Crippen LogP contribution in [0.25, 0.3) is 0 Å². The smallest absolute Gasteiger partial charge is 0.169 e. The lowest BCUT2D eigenvalue weighted by Crippen LogP contribution is -2.37. The van der Waals surface area contributed by atoms with E-state index in [9.17, 15) is 5.11 Å².